The molecule has 0 aliphatic carbocycles. The molecule has 1 N–H and O–H groups in total. The Balaban J connectivity index is 2.36. The van der Waals surface area contributed by atoms with Crippen LogP contribution in [-0.2, 0) is 11.3 Å². The lowest BCUT2D eigenvalue weighted by Crippen LogP contribution is -2.16. The van der Waals surface area contributed by atoms with Crippen LogP contribution in [0.2, 0.25) is 0 Å². The van der Waals surface area contributed by atoms with Crippen molar-refractivity contribution in [3.63, 3.8) is 0 Å². The Hall–Kier alpha value is -1.03. The van der Waals surface area contributed by atoms with Gasteiger partial charge in [-0.2, -0.15) is 0 Å². The van der Waals surface area contributed by atoms with Crippen LogP contribution in [0.1, 0.15) is 39.8 Å². The number of ether oxygens (including phenoxy) is 1. The van der Waals surface area contributed by atoms with Gasteiger partial charge in [0, 0.05) is 25.4 Å². The Labute approximate surface area is 111 Å². The van der Waals surface area contributed by atoms with E-state index in [-0.39, 0.29) is 0 Å². The number of anilines is 1. The summed E-state index contributed by atoms with van der Waals surface area (Å²) < 4.78 is 7.77. The molecule has 0 bridgehead atoms. The van der Waals surface area contributed by atoms with Gasteiger partial charge in [-0.05, 0) is 33.1 Å². The first kappa shape index (κ1) is 15.0. The molecule has 4 nitrogen and oxygen atoms in total. The van der Waals surface area contributed by atoms with Gasteiger partial charge in [0.2, 0.25) is 5.95 Å². The van der Waals surface area contributed by atoms with E-state index in [4.69, 9.17) is 4.74 Å². The van der Waals surface area contributed by atoms with Crippen LogP contribution in [0.3, 0.4) is 0 Å². The summed E-state index contributed by atoms with van der Waals surface area (Å²) in [4.78, 5) is 4.47. The second-order valence-corrected chi connectivity index (χ2v) is 5.49. The van der Waals surface area contributed by atoms with Crippen molar-refractivity contribution in [2.45, 2.75) is 53.6 Å². The van der Waals surface area contributed by atoms with Gasteiger partial charge in [-0.1, -0.05) is 13.8 Å². The summed E-state index contributed by atoms with van der Waals surface area (Å²) in [7, 11) is 0. The van der Waals surface area contributed by atoms with Gasteiger partial charge < -0.3 is 14.6 Å². The van der Waals surface area contributed by atoms with Crippen molar-refractivity contribution < 1.29 is 4.74 Å². The maximum atomic E-state index is 5.64. The molecule has 0 spiro atoms. The highest BCUT2D eigenvalue weighted by molar-refractivity contribution is 5.29. The smallest absolute Gasteiger partial charge is 0.203 e. The van der Waals surface area contributed by atoms with E-state index >= 15 is 0 Å². The van der Waals surface area contributed by atoms with Gasteiger partial charge in [-0.3, -0.25) is 0 Å². The van der Waals surface area contributed by atoms with Crippen LogP contribution in [0.5, 0.6) is 0 Å². The number of aromatic nitrogens is 2. The van der Waals surface area contributed by atoms with Crippen LogP contribution in [0.25, 0.3) is 0 Å². The van der Waals surface area contributed by atoms with Crippen molar-refractivity contribution in [1.82, 2.24) is 9.55 Å². The second kappa shape index (κ2) is 7.41. The highest BCUT2D eigenvalue weighted by Gasteiger charge is 2.06. The molecule has 0 fully saturated rings. The van der Waals surface area contributed by atoms with Crippen LogP contribution in [0, 0.1) is 12.8 Å². The highest BCUT2D eigenvalue weighted by Crippen LogP contribution is 2.09. The predicted octanol–water partition coefficient (Wildman–Crippen LogP) is 3.07. The molecule has 1 heterocycles. The maximum Gasteiger partial charge on any atom is 0.203 e. The lowest BCUT2D eigenvalue weighted by atomic mass is 10.1. The lowest BCUT2D eigenvalue weighted by Gasteiger charge is -2.12. The molecule has 104 valence electrons. The topological polar surface area (TPSA) is 39.1 Å². The standard InChI is InChI=1S/C14H27N3O/c1-11(2)6-8-18-9-7-17-10-13(5)16-14(17)15-12(3)4/h10-12H,6-9H2,1-5H3,(H,15,16). The van der Waals surface area contributed by atoms with Crippen LogP contribution >= 0.6 is 0 Å². The number of hydrogen-bond donors (Lipinski definition) is 1. The van der Waals surface area contributed by atoms with E-state index in [0.29, 0.717) is 12.0 Å². The second-order valence-electron chi connectivity index (χ2n) is 5.49. The van der Waals surface area contributed by atoms with Crippen LogP contribution in [0.4, 0.5) is 5.95 Å². The number of imidazole rings is 1. The molecule has 0 unspecified atom stereocenters. The van der Waals surface area contributed by atoms with Crippen molar-refractivity contribution in [2.24, 2.45) is 5.92 Å². The average molecular weight is 253 g/mol. The van der Waals surface area contributed by atoms with Gasteiger partial charge in [-0.25, -0.2) is 4.98 Å². The molecule has 1 aromatic rings. The third kappa shape index (κ3) is 5.54. The van der Waals surface area contributed by atoms with E-state index in [9.17, 15) is 0 Å². The molecule has 0 atom stereocenters. The molecule has 0 radical (unpaired) electrons. The van der Waals surface area contributed by atoms with Crippen molar-refractivity contribution in [2.75, 3.05) is 18.5 Å². The molecule has 18 heavy (non-hydrogen) atoms. The molecule has 0 amide bonds. The number of aryl methyl sites for hydroxylation is 1. The Bertz CT molecular complexity index is 345. The number of nitrogens with one attached hydrogen (secondary N) is 1. The maximum absolute atomic E-state index is 5.64. The molecule has 0 saturated heterocycles. The Morgan fingerprint density at radius 3 is 2.61 bits per heavy atom. The van der Waals surface area contributed by atoms with E-state index < -0.39 is 0 Å². The molecule has 0 aliphatic rings. The summed E-state index contributed by atoms with van der Waals surface area (Å²) in [6.45, 7) is 13.1. The number of nitrogens with zero attached hydrogens (tertiary/aromatic N) is 2. The highest BCUT2D eigenvalue weighted by atomic mass is 16.5. The van der Waals surface area contributed by atoms with Gasteiger partial charge >= 0.3 is 0 Å². The first-order valence-corrected chi connectivity index (χ1v) is 6.87. The SMILES string of the molecule is Cc1cn(CCOCCC(C)C)c(NC(C)C)n1. The third-order valence-electron chi connectivity index (χ3n) is 2.63. The fourth-order valence-corrected chi connectivity index (χ4v) is 1.67. The van der Waals surface area contributed by atoms with Crippen molar-refractivity contribution >= 4 is 5.95 Å². The molecule has 0 aromatic carbocycles. The summed E-state index contributed by atoms with van der Waals surface area (Å²) in [5.41, 5.74) is 1.04. The average Bonchev–Trinajstić information content (AvgIpc) is 2.57. The zero-order chi connectivity index (χ0) is 13.5. The van der Waals surface area contributed by atoms with Crippen molar-refractivity contribution in [1.29, 1.82) is 0 Å². The molecule has 1 rings (SSSR count). The normalized spacial score (nSPS) is 11.5. The molecular weight excluding hydrogens is 226 g/mol. The fourth-order valence-electron chi connectivity index (χ4n) is 1.67. The lowest BCUT2D eigenvalue weighted by molar-refractivity contribution is 0.116. The van der Waals surface area contributed by atoms with E-state index in [0.717, 1.165) is 37.8 Å². The van der Waals surface area contributed by atoms with Crippen LogP contribution in [0.15, 0.2) is 6.20 Å². The Morgan fingerprint density at radius 1 is 1.28 bits per heavy atom. The zero-order valence-electron chi connectivity index (χ0n) is 12.4. The summed E-state index contributed by atoms with van der Waals surface area (Å²) in [6, 6.07) is 0.396. The predicted molar refractivity (Wildman–Crippen MR) is 76.0 cm³/mol. The first-order valence-electron chi connectivity index (χ1n) is 6.87. The molecule has 4 heteroatoms. The minimum absolute atomic E-state index is 0.396. The van der Waals surface area contributed by atoms with Gasteiger partial charge in [0.15, 0.2) is 0 Å². The number of hydrogen-bond acceptors (Lipinski definition) is 3. The summed E-state index contributed by atoms with van der Waals surface area (Å²) in [6.07, 6.45) is 3.19. The first-order chi connectivity index (χ1) is 8.49. The molecular formula is C14H27N3O. The quantitative estimate of drug-likeness (QED) is 0.724. The summed E-state index contributed by atoms with van der Waals surface area (Å²) in [5.74, 6) is 1.65. The van der Waals surface area contributed by atoms with Crippen LogP contribution < -0.4 is 5.32 Å². The van der Waals surface area contributed by atoms with Crippen molar-refractivity contribution in [3.05, 3.63) is 11.9 Å². The van der Waals surface area contributed by atoms with Crippen LogP contribution in [-0.4, -0.2) is 28.8 Å². The van der Waals surface area contributed by atoms with Gasteiger partial charge in [0.1, 0.15) is 0 Å². The number of rotatable bonds is 8. The van der Waals surface area contributed by atoms with E-state index in [1.807, 2.05) is 6.92 Å². The fraction of sp³-hybridized carbons (Fsp3) is 0.786. The largest absolute Gasteiger partial charge is 0.380 e. The van der Waals surface area contributed by atoms with E-state index in [2.05, 4.69) is 48.8 Å². The zero-order valence-corrected chi connectivity index (χ0v) is 12.4. The van der Waals surface area contributed by atoms with E-state index in [1.54, 1.807) is 0 Å². The molecule has 0 aliphatic heterocycles. The Kier molecular flexibility index (Phi) is 6.19. The van der Waals surface area contributed by atoms with Gasteiger partial charge in [-0.15, -0.1) is 0 Å². The molecule has 0 saturated carbocycles. The minimum atomic E-state index is 0.396. The summed E-state index contributed by atoms with van der Waals surface area (Å²) >= 11 is 0. The van der Waals surface area contributed by atoms with Crippen molar-refractivity contribution in [3.8, 4) is 0 Å². The van der Waals surface area contributed by atoms with Gasteiger partial charge in [0.25, 0.3) is 0 Å². The van der Waals surface area contributed by atoms with E-state index in [1.165, 1.54) is 0 Å². The monoisotopic (exact) mass is 253 g/mol. The Morgan fingerprint density at radius 2 is 2.00 bits per heavy atom. The summed E-state index contributed by atoms with van der Waals surface area (Å²) in [5, 5.41) is 3.35. The van der Waals surface area contributed by atoms with Gasteiger partial charge in [0.05, 0.1) is 12.3 Å². The third-order valence-corrected chi connectivity index (χ3v) is 2.63. The minimum Gasteiger partial charge on any atom is -0.380 e. The molecule has 1 aromatic heterocycles.